The van der Waals surface area contributed by atoms with Crippen LogP contribution in [-0.4, -0.2) is 49.7 Å². The Morgan fingerprint density at radius 3 is 2.45 bits per heavy atom. The lowest BCUT2D eigenvalue weighted by molar-refractivity contribution is -0.129. The number of nitrogens with one attached hydrogen (secondary N) is 3. The first kappa shape index (κ1) is 16.9. The Labute approximate surface area is 121 Å². The predicted octanol–water partition coefficient (Wildman–Crippen LogP) is 0.174. The summed E-state index contributed by atoms with van der Waals surface area (Å²) in [5, 5.41) is 8.71. The zero-order valence-electron chi connectivity index (χ0n) is 12.7. The molecule has 1 unspecified atom stereocenters. The molecule has 3 N–H and O–H groups in total. The molecule has 0 bridgehead atoms. The first-order valence-electron chi connectivity index (χ1n) is 7.41. The lowest BCUT2D eigenvalue weighted by Crippen LogP contribution is -2.47. The van der Waals surface area contributed by atoms with Gasteiger partial charge in [-0.1, -0.05) is 0 Å². The van der Waals surface area contributed by atoms with Gasteiger partial charge in [0.15, 0.2) is 0 Å². The van der Waals surface area contributed by atoms with E-state index in [-0.39, 0.29) is 24.0 Å². The van der Waals surface area contributed by atoms with Crippen molar-refractivity contribution >= 4 is 11.8 Å². The Hall–Kier alpha value is -1.14. The maximum atomic E-state index is 11.7. The fourth-order valence-electron chi connectivity index (χ4n) is 2.07. The second-order valence-corrected chi connectivity index (χ2v) is 5.52. The molecule has 116 valence electrons. The third kappa shape index (κ3) is 6.86. The minimum absolute atomic E-state index is 0.0742. The highest BCUT2D eigenvalue weighted by atomic mass is 16.5. The van der Waals surface area contributed by atoms with Crippen LogP contribution in [-0.2, 0) is 14.3 Å². The second-order valence-electron chi connectivity index (χ2n) is 5.52. The van der Waals surface area contributed by atoms with Crippen LogP contribution in [0.15, 0.2) is 0 Å². The van der Waals surface area contributed by atoms with Crippen LogP contribution in [0, 0.1) is 0 Å². The summed E-state index contributed by atoms with van der Waals surface area (Å²) in [5.41, 5.74) is 0. The van der Waals surface area contributed by atoms with E-state index in [0.717, 1.165) is 25.9 Å². The van der Waals surface area contributed by atoms with Crippen molar-refractivity contribution in [1.82, 2.24) is 16.0 Å². The summed E-state index contributed by atoms with van der Waals surface area (Å²) in [7, 11) is 0. The van der Waals surface area contributed by atoms with E-state index in [1.54, 1.807) is 6.92 Å². The van der Waals surface area contributed by atoms with Gasteiger partial charge in [-0.15, -0.1) is 0 Å². The van der Waals surface area contributed by atoms with Crippen LogP contribution in [0.2, 0.25) is 0 Å². The summed E-state index contributed by atoms with van der Waals surface area (Å²) >= 11 is 0. The predicted molar refractivity (Wildman–Crippen MR) is 77.3 cm³/mol. The molecule has 1 rings (SSSR count). The molecule has 2 amide bonds. The van der Waals surface area contributed by atoms with Crippen molar-refractivity contribution in [2.75, 3.05) is 19.7 Å². The number of hydrogen-bond acceptors (Lipinski definition) is 4. The van der Waals surface area contributed by atoms with Gasteiger partial charge in [0.05, 0.1) is 12.7 Å². The Bertz CT molecular complexity index is 315. The van der Waals surface area contributed by atoms with Crippen molar-refractivity contribution in [2.24, 2.45) is 0 Å². The van der Waals surface area contributed by atoms with Crippen molar-refractivity contribution in [2.45, 2.75) is 58.2 Å². The summed E-state index contributed by atoms with van der Waals surface area (Å²) in [6, 6.07) is -0.436. The van der Waals surface area contributed by atoms with E-state index in [9.17, 15) is 9.59 Å². The van der Waals surface area contributed by atoms with E-state index >= 15 is 0 Å². The van der Waals surface area contributed by atoms with Gasteiger partial charge in [0, 0.05) is 12.5 Å². The third-order valence-electron chi connectivity index (χ3n) is 3.17. The highest BCUT2D eigenvalue weighted by Gasteiger charge is 2.17. The molecule has 0 spiro atoms. The molecule has 0 saturated carbocycles. The molecular weight excluding hydrogens is 258 g/mol. The molecule has 6 nitrogen and oxygen atoms in total. The molecule has 0 aromatic rings. The van der Waals surface area contributed by atoms with Crippen LogP contribution in [0.5, 0.6) is 0 Å². The third-order valence-corrected chi connectivity index (χ3v) is 3.17. The molecule has 6 heteroatoms. The standard InChI is InChI=1S/C14H27N3O3/c1-10(2)16-14(19)11(3)17-13(18)6-9-20-12-4-7-15-8-5-12/h10-12,15H,4-9H2,1-3H3,(H,16,19)(H,17,18). The molecule has 1 fully saturated rings. The fourth-order valence-corrected chi connectivity index (χ4v) is 2.07. The molecule has 0 radical (unpaired) electrons. The van der Waals surface area contributed by atoms with Gasteiger partial charge in [-0.05, 0) is 46.7 Å². The summed E-state index contributed by atoms with van der Waals surface area (Å²) < 4.78 is 5.66. The van der Waals surface area contributed by atoms with Gasteiger partial charge in [0.1, 0.15) is 6.04 Å². The zero-order valence-corrected chi connectivity index (χ0v) is 12.7. The van der Waals surface area contributed by atoms with Crippen molar-refractivity contribution in [3.8, 4) is 0 Å². The van der Waals surface area contributed by atoms with E-state index in [2.05, 4.69) is 16.0 Å². The molecule has 1 saturated heterocycles. The topological polar surface area (TPSA) is 79.5 Å². The van der Waals surface area contributed by atoms with E-state index in [4.69, 9.17) is 4.74 Å². The van der Waals surface area contributed by atoms with E-state index in [0.29, 0.717) is 13.0 Å². The van der Waals surface area contributed by atoms with Gasteiger partial charge in [-0.3, -0.25) is 9.59 Å². The number of carbonyl (C=O) groups excluding carboxylic acids is 2. The van der Waals surface area contributed by atoms with Crippen LogP contribution in [0.3, 0.4) is 0 Å². The van der Waals surface area contributed by atoms with E-state index in [1.807, 2.05) is 13.8 Å². The minimum Gasteiger partial charge on any atom is -0.378 e. The smallest absolute Gasteiger partial charge is 0.242 e. The Morgan fingerprint density at radius 2 is 1.85 bits per heavy atom. The molecule has 1 heterocycles. The summed E-state index contributed by atoms with van der Waals surface area (Å²) in [5.74, 6) is -0.307. The van der Waals surface area contributed by atoms with Crippen molar-refractivity contribution in [1.29, 1.82) is 0 Å². The maximum Gasteiger partial charge on any atom is 0.242 e. The number of carbonyl (C=O) groups is 2. The number of piperidine rings is 1. The normalized spacial score (nSPS) is 17.8. The van der Waals surface area contributed by atoms with Gasteiger partial charge < -0.3 is 20.7 Å². The molecular formula is C14H27N3O3. The molecule has 1 aliphatic heterocycles. The first-order chi connectivity index (χ1) is 9.49. The average molecular weight is 285 g/mol. The number of rotatable bonds is 7. The van der Waals surface area contributed by atoms with Crippen molar-refractivity contribution < 1.29 is 14.3 Å². The molecule has 1 aliphatic rings. The highest BCUT2D eigenvalue weighted by Crippen LogP contribution is 2.07. The van der Waals surface area contributed by atoms with Crippen molar-refractivity contribution in [3.05, 3.63) is 0 Å². The maximum absolute atomic E-state index is 11.7. The van der Waals surface area contributed by atoms with E-state index < -0.39 is 6.04 Å². The largest absolute Gasteiger partial charge is 0.378 e. The summed E-state index contributed by atoms with van der Waals surface area (Å²) in [6.45, 7) is 7.82. The average Bonchev–Trinajstić information content (AvgIpc) is 2.39. The van der Waals surface area contributed by atoms with E-state index in [1.165, 1.54) is 0 Å². The van der Waals surface area contributed by atoms with Crippen LogP contribution in [0.25, 0.3) is 0 Å². The number of amides is 2. The minimum atomic E-state index is -0.510. The number of hydrogen-bond donors (Lipinski definition) is 3. The summed E-state index contributed by atoms with van der Waals surface area (Å²) in [4.78, 5) is 23.3. The van der Waals surface area contributed by atoms with Gasteiger partial charge in [-0.25, -0.2) is 0 Å². The van der Waals surface area contributed by atoms with Crippen molar-refractivity contribution in [3.63, 3.8) is 0 Å². The zero-order chi connectivity index (χ0) is 15.0. The number of ether oxygens (including phenoxy) is 1. The Balaban J connectivity index is 2.14. The molecule has 0 aromatic carbocycles. The van der Waals surface area contributed by atoms with Crippen LogP contribution in [0.1, 0.15) is 40.0 Å². The monoisotopic (exact) mass is 285 g/mol. The fraction of sp³-hybridized carbons (Fsp3) is 0.857. The van der Waals surface area contributed by atoms with Gasteiger partial charge in [-0.2, -0.15) is 0 Å². The SMILES string of the molecule is CC(C)NC(=O)C(C)NC(=O)CCOC1CCNCC1. The van der Waals surface area contributed by atoms with Crippen LogP contribution in [0.4, 0.5) is 0 Å². The van der Waals surface area contributed by atoms with Crippen LogP contribution >= 0.6 is 0 Å². The van der Waals surface area contributed by atoms with Crippen LogP contribution < -0.4 is 16.0 Å². The molecule has 20 heavy (non-hydrogen) atoms. The second kappa shape index (κ2) is 8.92. The quantitative estimate of drug-likeness (QED) is 0.623. The molecule has 1 atom stereocenters. The van der Waals surface area contributed by atoms with Gasteiger partial charge in [0.25, 0.3) is 0 Å². The molecule has 0 aromatic heterocycles. The summed E-state index contributed by atoms with van der Waals surface area (Å²) in [6.07, 6.45) is 2.54. The lowest BCUT2D eigenvalue weighted by Gasteiger charge is -2.23. The highest BCUT2D eigenvalue weighted by molar-refractivity contribution is 5.87. The van der Waals surface area contributed by atoms with Gasteiger partial charge >= 0.3 is 0 Å². The Kier molecular flexibility index (Phi) is 7.54. The first-order valence-corrected chi connectivity index (χ1v) is 7.41. The lowest BCUT2D eigenvalue weighted by atomic mass is 10.1. The Morgan fingerprint density at radius 1 is 1.20 bits per heavy atom. The molecule has 0 aliphatic carbocycles. The van der Waals surface area contributed by atoms with Gasteiger partial charge in [0.2, 0.25) is 11.8 Å².